The van der Waals surface area contributed by atoms with Gasteiger partial charge in [-0.05, 0) is 17.7 Å². The number of aliphatic hydroxyl groups excluding tert-OH is 1. The standard InChI is InChI=1S/C13H12F6O7S2/c1-26-11(21)8-4-2-3-7(5-8)9(20)6-10(27(22,23)12(14,15)16)28(24,25)13(17,18)19/h2-5,9-10,20H,6H2,1H3. The molecule has 0 aliphatic rings. The van der Waals surface area contributed by atoms with Crippen molar-refractivity contribution in [3.05, 3.63) is 35.4 Å². The molecular formula is C13H12F6O7S2. The van der Waals surface area contributed by atoms with Crippen molar-refractivity contribution in [2.45, 2.75) is 28.1 Å². The van der Waals surface area contributed by atoms with Crippen LogP contribution in [0.1, 0.15) is 28.4 Å². The summed E-state index contributed by atoms with van der Waals surface area (Å²) in [7, 11) is -12.8. The minimum absolute atomic E-state index is 0.270. The number of esters is 1. The topological polar surface area (TPSA) is 115 Å². The summed E-state index contributed by atoms with van der Waals surface area (Å²) in [6.07, 6.45) is -4.38. The Balaban J connectivity index is 3.46. The molecule has 1 aromatic carbocycles. The summed E-state index contributed by atoms with van der Waals surface area (Å²) >= 11 is 0. The van der Waals surface area contributed by atoms with E-state index in [0.29, 0.717) is 0 Å². The smallest absolute Gasteiger partial charge is 0.465 e. The first kappa shape index (κ1) is 24.2. The molecule has 0 spiro atoms. The van der Waals surface area contributed by atoms with Crippen molar-refractivity contribution in [1.29, 1.82) is 0 Å². The molecule has 0 bridgehead atoms. The van der Waals surface area contributed by atoms with Gasteiger partial charge >= 0.3 is 17.0 Å². The molecule has 0 aromatic heterocycles. The molecule has 0 heterocycles. The number of carbonyl (C=O) groups excluding carboxylic acids is 1. The van der Waals surface area contributed by atoms with E-state index in [1.165, 1.54) is 0 Å². The highest BCUT2D eigenvalue weighted by molar-refractivity contribution is 8.09. The number of methoxy groups -OCH3 is 1. The first-order valence-corrected chi connectivity index (χ1v) is 10.0. The molecule has 1 unspecified atom stereocenters. The van der Waals surface area contributed by atoms with Gasteiger partial charge < -0.3 is 9.84 Å². The normalized spacial score (nSPS) is 14.8. The zero-order valence-electron chi connectivity index (χ0n) is 13.7. The number of alkyl halides is 6. The van der Waals surface area contributed by atoms with Crippen LogP contribution >= 0.6 is 0 Å². The van der Waals surface area contributed by atoms with E-state index in [0.717, 1.165) is 31.4 Å². The second-order valence-electron chi connectivity index (χ2n) is 5.28. The molecule has 0 saturated carbocycles. The van der Waals surface area contributed by atoms with E-state index in [2.05, 4.69) is 4.74 Å². The maximum atomic E-state index is 12.7. The van der Waals surface area contributed by atoms with Gasteiger partial charge in [0, 0.05) is 6.42 Å². The van der Waals surface area contributed by atoms with Gasteiger partial charge in [-0.2, -0.15) is 26.3 Å². The van der Waals surface area contributed by atoms with Crippen molar-refractivity contribution in [3.63, 3.8) is 0 Å². The van der Waals surface area contributed by atoms with Crippen LogP contribution < -0.4 is 0 Å². The van der Waals surface area contributed by atoms with Crippen LogP contribution in [0.5, 0.6) is 0 Å². The van der Waals surface area contributed by atoms with Crippen LogP contribution in [0.4, 0.5) is 26.3 Å². The molecule has 1 aromatic rings. The third-order valence-electron chi connectivity index (χ3n) is 3.45. The molecule has 1 atom stereocenters. The van der Waals surface area contributed by atoms with Crippen molar-refractivity contribution in [3.8, 4) is 0 Å². The average Bonchev–Trinajstić information content (AvgIpc) is 2.56. The molecule has 160 valence electrons. The Bertz CT molecular complexity index is 891. The van der Waals surface area contributed by atoms with Crippen LogP contribution in [0.3, 0.4) is 0 Å². The van der Waals surface area contributed by atoms with Gasteiger partial charge in [0.05, 0.1) is 18.8 Å². The zero-order chi connectivity index (χ0) is 22.1. The fourth-order valence-corrected chi connectivity index (χ4v) is 5.48. The van der Waals surface area contributed by atoms with Gasteiger partial charge in [-0.15, -0.1) is 0 Å². The molecule has 0 saturated heterocycles. The Morgan fingerprint density at radius 2 is 1.50 bits per heavy atom. The van der Waals surface area contributed by atoms with E-state index >= 15 is 0 Å². The molecule has 0 aliphatic carbocycles. The van der Waals surface area contributed by atoms with Crippen molar-refractivity contribution in [1.82, 2.24) is 0 Å². The number of carbonyl (C=O) groups is 1. The van der Waals surface area contributed by atoms with Crippen LogP contribution in [0.25, 0.3) is 0 Å². The van der Waals surface area contributed by atoms with Gasteiger partial charge in [0.25, 0.3) is 19.7 Å². The molecule has 7 nitrogen and oxygen atoms in total. The average molecular weight is 458 g/mol. The Kier molecular flexibility index (Phi) is 6.79. The maximum absolute atomic E-state index is 12.7. The SMILES string of the molecule is COC(=O)c1cccc(C(O)CC(S(=O)(=O)C(F)(F)F)S(=O)(=O)C(F)(F)F)c1. The van der Waals surface area contributed by atoms with Crippen LogP contribution in [0.2, 0.25) is 0 Å². The minimum atomic E-state index is -6.87. The summed E-state index contributed by atoms with van der Waals surface area (Å²) in [5.41, 5.74) is -13.4. The molecule has 0 radical (unpaired) electrons. The lowest BCUT2D eigenvalue weighted by molar-refractivity contribution is -0.0476. The Labute approximate surface area is 154 Å². The van der Waals surface area contributed by atoms with Gasteiger partial charge in [0.2, 0.25) is 0 Å². The molecule has 0 aliphatic heterocycles. The Hall–Kier alpha value is -1.87. The molecule has 1 N–H and O–H groups in total. The van der Waals surface area contributed by atoms with Crippen LogP contribution in [-0.4, -0.2) is 50.6 Å². The van der Waals surface area contributed by atoms with E-state index in [4.69, 9.17) is 0 Å². The lowest BCUT2D eigenvalue weighted by Crippen LogP contribution is -2.45. The summed E-state index contributed by atoms with van der Waals surface area (Å²) in [5, 5.41) is 9.91. The Morgan fingerprint density at radius 1 is 1.04 bits per heavy atom. The molecule has 0 amide bonds. The second-order valence-corrected chi connectivity index (χ2v) is 9.82. The maximum Gasteiger partial charge on any atom is 0.498 e. The number of benzene rings is 1. The minimum Gasteiger partial charge on any atom is -0.465 e. The fourth-order valence-electron chi connectivity index (χ4n) is 2.03. The third-order valence-corrected chi connectivity index (χ3v) is 8.03. The summed E-state index contributed by atoms with van der Waals surface area (Å²) in [6.45, 7) is 0. The summed E-state index contributed by atoms with van der Waals surface area (Å²) < 4.78 is 122. The van der Waals surface area contributed by atoms with Gasteiger partial charge in [0.1, 0.15) is 0 Å². The number of rotatable bonds is 6. The van der Waals surface area contributed by atoms with E-state index in [-0.39, 0.29) is 5.56 Å². The van der Waals surface area contributed by atoms with Crippen molar-refractivity contribution in [2.24, 2.45) is 0 Å². The van der Waals surface area contributed by atoms with Crippen molar-refractivity contribution < 1.29 is 57.8 Å². The fraction of sp³-hybridized carbons (Fsp3) is 0.462. The predicted molar refractivity (Wildman–Crippen MR) is 81.1 cm³/mol. The number of ether oxygens (including phenoxy) is 1. The molecule has 0 fully saturated rings. The van der Waals surface area contributed by atoms with E-state index in [1.807, 2.05) is 0 Å². The number of sulfone groups is 2. The Morgan fingerprint density at radius 3 is 1.89 bits per heavy atom. The highest BCUT2D eigenvalue weighted by Gasteiger charge is 2.63. The van der Waals surface area contributed by atoms with Gasteiger partial charge in [-0.3, -0.25) is 0 Å². The van der Waals surface area contributed by atoms with Crippen molar-refractivity contribution >= 4 is 25.6 Å². The third kappa shape index (κ3) is 4.75. The highest BCUT2D eigenvalue weighted by atomic mass is 32.3. The summed E-state index contributed by atoms with van der Waals surface area (Å²) in [5.74, 6) is -0.976. The van der Waals surface area contributed by atoms with Gasteiger partial charge in [-0.1, -0.05) is 12.1 Å². The molecule has 15 heteroatoms. The first-order chi connectivity index (χ1) is 12.5. The van der Waals surface area contributed by atoms with Crippen LogP contribution in [0.15, 0.2) is 24.3 Å². The summed E-state index contributed by atoms with van der Waals surface area (Å²) in [4.78, 5) is 11.4. The quantitative estimate of drug-likeness (QED) is 0.513. The van der Waals surface area contributed by atoms with Crippen LogP contribution in [0, 0.1) is 0 Å². The van der Waals surface area contributed by atoms with E-state index < -0.39 is 59.3 Å². The van der Waals surface area contributed by atoms with E-state index in [9.17, 15) is 53.1 Å². The zero-order valence-corrected chi connectivity index (χ0v) is 15.3. The highest BCUT2D eigenvalue weighted by Crippen LogP contribution is 2.39. The lowest BCUT2D eigenvalue weighted by atomic mass is 10.0. The molecule has 28 heavy (non-hydrogen) atoms. The largest absolute Gasteiger partial charge is 0.498 e. The molecular weight excluding hydrogens is 446 g/mol. The molecule has 1 rings (SSSR count). The van der Waals surface area contributed by atoms with Crippen LogP contribution in [-0.2, 0) is 24.4 Å². The lowest BCUT2D eigenvalue weighted by Gasteiger charge is -2.23. The number of halogens is 6. The van der Waals surface area contributed by atoms with E-state index in [1.54, 1.807) is 0 Å². The predicted octanol–water partition coefficient (Wildman–Crippen LogP) is 2.09. The second kappa shape index (κ2) is 7.87. The van der Waals surface area contributed by atoms with Gasteiger partial charge in [-0.25, -0.2) is 21.6 Å². The first-order valence-electron chi connectivity index (χ1n) is 6.93. The van der Waals surface area contributed by atoms with Gasteiger partial charge in [0.15, 0.2) is 4.58 Å². The van der Waals surface area contributed by atoms with Crippen molar-refractivity contribution in [2.75, 3.05) is 7.11 Å². The number of aliphatic hydroxyl groups is 1. The number of hydrogen-bond acceptors (Lipinski definition) is 7. The monoisotopic (exact) mass is 458 g/mol. The number of hydrogen-bond donors (Lipinski definition) is 1. The summed E-state index contributed by atoms with van der Waals surface area (Å²) in [6, 6.07) is 3.93.